The molecule has 1 unspecified atom stereocenters. The van der Waals surface area contributed by atoms with E-state index in [4.69, 9.17) is 9.98 Å². The summed E-state index contributed by atoms with van der Waals surface area (Å²) in [4.78, 5) is 17.3. The standard InChI is InChI=1S/C20H33N7/c1-18(2,3)15-21-10-13(25-15)8-19(4,5)16-22-11-14(26-16)9-20(6,7)17-23-12-24-27-17/h11-13H,8-10H2,1-7H3,(H,21,25)(H,22,26)(H,23,24,27). The Bertz CT molecular complexity index is 791. The average molecular weight is 372 g/mol. The van der Waals surface area contributed by atoms with Gasteiger partial charge in [-0.05, 0) is 6.42 Å². The first-order valence-electron chi connectivity index (χ1n) is 9.69. The Kier molecular flexibility index (Phi) is 4.91. The molecule has 27 heavy (non-hydrogen) atoms. The van der Waals surface area contributed by atoms with Crippen LogP contribution in [0.3, 0.4) is 0 Å². The smallest absolute Gasteiger partial charge is 0.137 e. The fourth-order valence-electron chi connectivity index (χ4n) is 3.65. The number of aliphatic imine (C=N–C) groups is 1. The molecule has 0 bridgehead atoms. The van der Waals surface area contributed by atoms with Gasteiger partial charge in [0.05, 0.1) is 6.54 Å². The van der Waals surface area contributed by atoms with E-state index < -0.39 is 0 Å². The van der Waals surface area contributed by atoms with E-state index in [-0.39, 0.29) is 16.2 Å². The first-order chi connectivity index (χ1) is 12.5. The molecule has 0 aliphatic carbocycles. The summed E-state index contributed by atoms with van der Waals surface area (Å²) in [5.74, 6) is 3.02. The number of hydrogen-bond donors (Lipinski definition) is 3. The van der Waals surface area contributed by atoms with Gasteiger partial charge in [0, 0.05) is 40.6 Å². The summed E-state index contributed by atoms with van der Waals surface area (Å²) in [7, 11) is 0. The molecule has 7 heteroatoms. The maximum absolute atomic E-state index is 4.71. The van der Waals surface area contributed by atoms with Crippen molar-refractivity contribution in [3.8, 4) is 0 Å². The Morgan fingerprint density at radius 2 is 1.74 bits per heavy atom. The Morgan fingerprint density at radius 1 is 1.00 bits per heavy atom. The Balaban J connectivity index is 1.65. The molecule has 0 saturated heterocycles. The summed E-state index contributed by atoms with van der Waals surface area (Å²) < 4.78 is 0. The number of aromatic amines is 2. The molecular weight excluding hydrogens is 338 g/mol. The highest BCUT2D eigenvalue weighted by Crippen LogP contribution is 2.30. The molecular formula is C20H33N7. The highest BCUT2D eigenvalue weighted by molar-refractivity contribution is 5.88. The van der Waals surface area contributed by atoms with Gasteiger partial charge in [-0.3, -0.25) is 10.1 Å². The second-order valence-corrected chi connectivity index (χ2v) is 10.0. The number of hydrogen-bond acceptors (Lipinski definition) is 5. The van der Waals surface area contributed by atoms with Crippen LogP contribution < -0.4 is 5.32 Å². The highest BCUT2D eigenvalue weighted by atomic mass is 15.2. The predicted molar refractivity (Wildman–Crippen MR) is 108 cm³/mol. The van der Waals surface area contributed by atoms with Crippen molar-refractivity contribution in [3.63, 3.8) is 0 Å². The second kappa shape index (κ2) is 6.77. The number of nitrogens with zero attached hydrogens (tertiary/aromatic N) is 4. The van der Waals surface area contributed by atoms with Gasteiger partial charge in [-0.1, -0.05) is 48.5 Å². The van der Waals surface area contributed by atoms with Crippen LogP contribution in [0, 0.1) is 5.41 Å². The Morgan fingerprint density at radius 3 is 2.33 bits per heavy atom. The Labute approximate surface area is 161 Å². The minimum absolute atomic E-state index is 0.0604. The number of nitrogens with one attached hydrogen (secondary N) is 3. The maximum Gasteiger partial charge on any atom is 0.137 e. The molecule has 0 fully saturated rings. The minimum Gasteiger partial charge on any atom is -0.369 e. The maximum atomic E-state index is 4.71. The van der Waals surface area contributed by atoms with Crippen LogP contribution in [0.2, 0.25) is 0 Å². The zero-order valence-corrected chi connectivity index (χ0v) is 17.6. The van der Waals surface area contributed by atoms with Crippen LogP contribution in [0.5, 0.6) is 0 Å². The van der Waals surface area contributed by atoms with Crippen LogP contribution in [0.1, 0.15) is 72.2 Å². The van der Waals surface area contributed by atoms with Gasteiger partial charge in [0.1, 0.15) is 23.8 Å². The molecule has 7 nitrogen and oxygen atoms in total. The van der Waals surface area contributed by atoms with Gasteiger partial charge in [-0.2, -0.15) is 5.10 Å². The quantitative estimate of drug-likeness (QED) is 0.727. The van der Waals surface area contributed by atoms with Crippen molar-refractivity contribution < 1.29 is 0 Å². The summed E-state index contributed by atoms with van der Waals surface area (Å²) >= 11 is 0. The summed E-state index contributed by atoms with van der Waals surface area (Å²) in [5.41, 5.74) is 0.996. The average Bonchev–Trinajstić information content (AvgIpc) is 3.27. The molecule has 2 aromatic heterocycles. The van der Waals surface area contributed by atoms with E-state index >= 15 is 0 Å². The molecule has 0 spiro atoms. The van der Waals surface area contributed by atoms with E-state index in [1.807, 2.05) is 6.20 Å². The molecule has 1 aliphatic rings. The summed E-state index contributed by atoms with van der Waals surface area (Å²) in [6.07, 6.45) is 5.31. The first-order valence-corrected chi connectivity index (χ1v) is 9.69. The summed E-state index contributed by atoms with van der Waals surface area (Å²) in [5, 5.41) is 10.6. The van der Waals surface area contributed by atoms with E-state index in [0.717, 1.165) is 42.6 Å². The van der Waals surface area contributed by atoms with Crippen molar-refractivity contribution in [1.82, 2.24) is 30.5 Å². The number of amidine groups is 1. The SMILES string of the molecule is CC(C)(C)C1=NCC(CC(C)(C)c2ncc(CC(C)(C)c3ncn[nH]3)[nH]2)N1. The van der Waals surface area contributed by atoms with Gasteiger partial charge in [-0.25, -0.2) is 9.97 Å². The monoisotopic (exact) mass is 371 g/mol. The normalized spacial score (nSPS) is 18.5. The zero-order chi connectivity index (χ0) is 19.9. The van der Waals surface area contributed by atoms with Crippen molar-refractivity contribution in [3.05, 3.63) is 29.9 Å². The van der Waals surface area contributed by atoms with Gasteiger partial charge in [0.25, 0.3) is 0 Å². The third kappa shape index (κ3) is 4.39. The van der Waals surface area contributed by atoms with Crippen LogP contribution in [-0.2, 0) is 17.3 Å². The van der Waals surface area contributed by atoms with Crippen LogP contribution in [0.4, 0.5) is 0 Å². The van der Waals surface area contributed by atoms with Gasteiger partial charge < -0.3 is 10.3 Å². The van der Waals surface area contributed by atoms with E-state index in [1.165, 1.54) is 0 Å². The largest absolute Gasteiger partial charge is 0.369 e. The molecule has 1 atom stereocenters. The van der Waals surface area contributed by atoms with Crippen molar-refractivity contribution in [2.24, 2.45) is 10.4 Å². The number of H-pyrrole nitrogens is 2. The van der Waals surface area contributed by atoms with Gasteiger partial charge in [0.2, 0.25) is 0 Å². The lowest BCUT2D eigenvalue weighted by Gasteiger charge is -2.28. The molecule has 0 amide bonds. The van der Waals surface area contributed by atoms with Crippen molar-refractivity contribution in [2.75, 3.05) is 6.54 Å². The lowest BCUT2D eigenvalue weighted by Crippen LogP contribution is -2.40. The summed E-state index contributed by atoms with van der Waals surface area (Å²) in [6.45, 7) is 16.2. The summed E-state index contributed by atoms with van der Waals surface area (Å²) in [6, 6.07) is 0.355. The van der Waals surface area contributed by atoms with E-state index in [9.17, 15) is 0 Å². The van der Waals surface area contributed by atoms with Gasteiger partial charge in [0.15, 0.2) is 0 Å². The van der Waals surface area contributed by atoms with Crippen molar-refractivity contribution in [1.29, 1.82) is 0 Å². The zero-order valence-electron chi connectivity index (χ0n) is 17.6. The predicted octanol–water partition coefficient (Wildman–Crippen LogP) is 3.13. The highest BCUT2D eigenvalue weighted by Gasteiger charge is 2.33. The molecule has 0 aromatic carbocycles. The fourth-order valence-corrected chi connectivity index (χ4v) is 3.65. The van der Waals surface area contributed by atoms with Crippen LogP contribution >= 0.6 is 0 Å². The molecule has 2 aromatic rings. The Hall–Kier alpha value is -2.18. The van der Waals surface area contributed by atoms with E-state index in [2.05, 4.69) is 73.9 Å². The minimum atomic E-state index is -0.132. The molecule has 148 valence electrons. The van der Waals surface area contributed by atoms with Crippen LogP contribution in [-0.4, -0.2) is 43.6 Å². The van der Waals surface area contributed by atoms with Gasteiger partial charge in [-0.15, -0.1) is 0 Å². The molecule has 0 radical (unpaired) electrons. The topological polar surface area (TPSA) is 94.6 Å². The molecule has 3 heterocycles. The first kappa shape index (κ1) is 19.6. The molecule has 1 aliphatic heterocycles. The lowest BCUT2D eigenvalue weighted by molar-refractivity contribution is 0.395. The molecule has 0 saturated carbocycles. The third-order valence-electron chi connectivity index (χ3n) is 5.24. The molecule has 3 rings (SSSR count). The van der Waals surface area contributed by atoms with E-state index in [1.54, 1.807) is 6.33 Å². The molecule has 3 N–H and O–H groups in total. The van der Waals surface area contributed by atoms with E-state index in [0.29, 0.717) is 6.04 Å². The van der Waals surface area contributed by atoms with Crippen molar-refractivity contribution in [2.45, 2.75) is 78.2 Å². The number of rotatable bonds is 6. The lowest BCUT2D eigenvalue weighted by atomic mass is 9.84. The third-order valence-corrected chi connectivity index (χ3v) is 5.24. The second-order valence-electron chi connectivity index (χ2n) is 10.0. The van der Waals surface area contributed by atoms with Crippen molar-refractivity contribution >= 4 is 5.84 Å². The van der Waals surface area contributed by atoms with Crippen LogP contribution in [0.15, 0.2) is 17.5 Å². The van der Waals surface area contributed by atoms with Gasteiger partial charge >= 0.3 is 0 Å². The number of imidazole rings is 1. The fraction of sp³-hybridized carbons (Fsp3) is 0.700. The van der Waals surface area contributed by atoms with Crippen LogP contribution in [0.25, 0.3) is 0 Å². The number of aromatic nitrogens is 5.